The number of hydrogen-bond donors (Lipinski definition) is 0. The van der Waals surface area contributed by atoms with Crippen molar-refractivity contribution in [3.8, 4) is 0 Å². The Morgan fingerprint density at radius 3 is 2.65 bits per heavy atom. The Morgan fingerprint density at radius 2 is 1.96 bits per heavy atom. The lowest BCUT2D eigenvalue weighted by atomic mass is 10.0. The number of thiocarbonyl (C=S) groups is 1. The summed E-state index contributed by atoms with van der Waals surface area (Å²) < 4.78 is 1.98. The summed E-state index contributed by atoms with van der Waals surface area (Å²) in [5, 5.41) is 2.52. The molecule has 120 valence electrons. The topological polar surface area (TPSA) is 15.6 Å². The minimum atomic E-state index is 0.744. The molecule has 0 aromatic heterocycles. The van der Waals surface area contributed by atoms with Crippen LogP contribution in [0.5, 0.6) is 0 Å². The molecule has 0 N–H and O–H groups in total. The lowest BCUT2D eigenvalue weighted by molar-refractivity contribution is 0.868. The first-order valence-corrected chi connectivity index (χ1v) is 8.95. The van der Waals surface area contributed by atoms with Crippen molar-refractivity contribution < 1.29 is 0 Å². The van der Waals surface area contributed by atoms with Crippen molar-refractivity contribution in [1.29, 1.82) is 0 Å². The van der Waals surface area contributed by atoms with E-state index in [0.29, 0.717) is 0 Å². The second kappa shape index (κ2) is 9.06. The molecule has 0 amide bonds. The molecule has 0 unspecified atom stereocenters. The summed E-state index contributed by atoms with van der Waals surface area (Å²) in [6.07, 6.45) is 3.66. The van der Waals surface area contributed by atoms with Crippen LogP contribution in [0.25, 0.3) is 0 Å². The highest BCUT2D eigenvalue weighted by atomic mass is 35.5. The normalized spacial score (nSPS) is 10.9. The van der Waals surface area contributed by atoms with Crippen LogP contribution in [0.3, 0.4) is 0 Å². The van der Waals surface area contributed by atoms with E-state index in [9.17, 15) is 0 Å². The molecule has 0 fully saturated rings. The maximum Gasteiger partial charge on any atom is 0.101 e. The third-order valence-electron chi connectivity index (χ3n) is 3.27. The summed E-state index contributed by atoms with van der Waals surface area (Å²) in [5.74, 6) is 0. The minimum Gasteiger partial charge on any atom is -0.306 e. The van der Waals surface area contributed by atoms with Crippen molar-refractivity contribution in [3.63, 3.8) is 0 Å². The van der Waals surface area contributed by atoms with E-state index in [0.717, 1.165) is 28.4 Å². The van der Waals surface area contributed by atoms with Gasteiger partial charge in [-0.05, 0) is 72.5 Å². The Labute approximate surface area is 152 Å². The third kappa shape index (κ3) is 5.65. The summed E-state index contributed by atoms with van der Waals surface area (Å²) in [6, 6.07) is 14.0. The maximum atomic E-state index is 5.91. The molecule has 0 heterocycles. The van der Waals surface area contributed by atoms with E-state index in [2.05, 4.69) is 30.1 Å². The van der Waals surface area contributed by atoms with Gasteiger partial charge in [-0.2, -0.15) is 0 Å². The van der Waals surface area contributed by atoms with Gasteiger partial charge in [0.2, 0.25) is 0 Å². The quantitative estimate of drug-likeness (QED) is 0.265. The van der Waals surface area contributed by atoms with E-state index in [1.165, 1.54) is 11.1 Å². The van der Waals surface area contributed by atoms with Crippen LogP contribution >= 0.6 is 35.8 Å². The van der Waals surface area contributed by atoms with Gasteiger partial charge in [-0.25, -0.2) is 4.99 Å². The molecule has 0 saturated carbocycles. The highest BCUT2D eigenvalue weighted by Gasteiger charge is 2.04. The van der Waals surface area contributed by atoms with Crippen molar-refractivity contribution in [2.24, 2.45) is 4.99 Å². The largest absolute Gasteiger partial charge is 0.306 e. The lowest BCUT2D eigenvalue weighted by Crippen LogP contribution is -2.05. The molecule has 0 aliphatic rings. The fourth-order valence-corrected chi connectivity index (χ4v) is 3.07. The molecular weight excluding hydrogens is 344 g/mol. The van der Waals surface area contributed by atoms with E-state index in [1.54, 1.807) is 17.3 Å². The number of para-hydroxylation sites is 1. The predicted molar refractivity (Wildman–Crippen MR) is 106 cm³/mol. The minimum absolute atomic E-state index is 0.744. The van der Waals surface area contributed by atoms with E-state index in [1.807, 2.05) is 42.0 Å². The Morgan fingerprint density at radius 1 is 1.22 bits per heavy atom. The molecule has 0 atom stereocenters. The number of halogens is 1. The second-order valence-electron chi connectivity index (χ2n) is 5.12. The van der Waals surface area contributed by atoms with Gasteiger partial charge in [-0.15, -0.1) is 0 Å². The molecule has 0 aliphatic carbocycles. The molecule has 2 aromatic rings. The fourth-order valence-electron chi connectivity index (χ4n) is 2.14. The van der Waals surface area contributed by atoms with E-state index >= 15 is 0 Å². The fraction of sp³-hybridized carbons (Fsp3) is 0.222. The standard InChI is InChI=1S/C18H19ClN2S2/c1-14-5-3-6-15(7-4-12-22)18(14)20-13-21(2)23-17-10-8-16(19)9-11-17/h3,5-6,8-13H,4,7H2,1-2H3. The average molecular weight is 363 g/mol. The summed E-state index contributed by atoms with van der Waals surface area (Å²) in [6.45, 7) is 2.08. The highest BCUT2D eigenvalue weighted by Crippen LogP contribution is 2.26. The lowest BCUT2D eigenvalue weighted by Gasteiger charge is -2.13. The van der Waals surface area contributed by atoms with Crippen molar-refractivity contribution in [2.75, 3.05) is 7.05 Å². The predicted octanol–water partition coefficient (Wildman–Crippen LogP) is 5.88. The van der Waals surface area contributed by atoms with Crippen LogP contribution in [0, 0.1) is 6.92 Å². The first kappa shape index (κ1) is 18.0. The number of hydrogen-bond acceptors (Lipinski definition) is 3. The summed E-state index contributed by atoms with van der Waals surface area (Å²) in [4.78, 5) is 5.80. The Kier molecular flexibility index (Phi) is 7.09. The Hall–Kier alpha value is -1.36. The first-order valence-electron chi connectivity index (χ1n) is 7.33. The Bertz CT molecular complexity index is 684. The van der Waals surface area contributed by atoms with Crippen molar-refractivity contribution in [3.05, 3.63) is 58.6 Å². The third-order valence-corrected chi connectivity index (χ3v) is 4.62. The highest BCUT2D eigenvalue weighted by molar-refractivity contribution is 7.97. The molecular formula is C18H19ClN2S2. The van der Waals surface area contributed by atoms with Gasteiger partial charge in [0.05, 0.1) is 5.69 Å². The van der Waals surface area contributed by atoms with E-state index in [-0.39, 0.29) is 0 Å². The van der Waals surface area contributed by atoms with E-state index < -0.39 is 0 Å². The molecule has 0 aliphatic heterocycles. The molecule has 2 aromatic carbocycles. The van der Waals surface area contributed by atoms with Crippen molar-refractivity contribution >= 4 is 53.2 Å². The SMILES string of the molecule is Cc1cccc(CCC=S)c1N=CN(C)Sc1ccc(Cl)cc1. The van der Waals surface area contributed by atoms with Gasteiger partial charge < -0.3 is 4.31 Å². The van der Waals surface area contributed by atoms with E-state index in [4.69, 9.17) is 23.8 Å². The molecule has 0 radical (unpaired) electrons. The van der Waals surface area contributed by atoms with Crippen LogP contribution in [-0.2, 0) is 6.42 Å². The number of rotatable bonds is 7. The molecule has 0 spiro atoms. The molecule has 0 saturated heterocycles. The van der Waals surface area contributed by atoms with Gasteiger partial charge in [0, 0.05) is 17.0 Å². The smallest absolute Gasteiger partial charge is 0.101 e. The number of nitrogens with zero attached hydrogens (tertiary/aromatic N) is 2. The molecule has 5 heteroatoms. The van der Waals surface area contributed by atoms with Crippen LogP contribution < -0.4 is 0 Å². The van der Waals surface area contributed by atoms with Gasteiger partial charge in [0.1, 0.15) is 6.34 Å². The number of aryl methyl sites for hydroxylation is 2. The van der Waals surface area contributed by atoms with Gasteiger partial charge in [0.25, 0.3) is 0 Å². The van der Waals surface area contributed by atoms with Crippen LogP contribution in [0.15, 0.2) is 52.4 Å². The van der Waals surface area contributed by atoms with Crippen LogP contribution in [0.4, 0.5) is 5.69 Å². The summed E-state index contributed by atoms with van der Waals surface area (Å²) in [5.41, 5.74) is 3.44. The van der Waals surface area contributed by atoms with Gasteiger partial charge in [0.15, 0.2) is 0 Å². The molecule has 2 rings (SSSR count). The maximum absolute atomic E-state index is 5.91. The van der Waals surface area contributed by atoms with Crippen LogP contribution in [0.2, 0.25) is 5.02 Å². The van der Waals surface area contributed by atoms with Crippen LogP contribution in [-0.4, -0.2) is 23.1 Å². The first-order chi connectivity index (χ1) is 11.1. The van der Waals surface area contributed by atoms with Gasteiger partial charge >= 0.3 is 0 Å². The Balaban J connectivity index is 2.09. The average Bonchev–Trinajstić information content (AvgIpc) is 2.54. The van der Waals surface area contributed by atoms with Crippen molar-refractivity contribution in [1.82, 2.24) is 4.31 Å². The monoisotopic (exact) mass is 362 g/mol. The zero-order valence-corrected chi connectivity index (χ0v) is 15.6. The second-order valence-corrected chi connectivity index (χ2v) is 7.12. The number of benzene rings is 2. The van der Waals surface area contributed by atoms with Gasteiger partial charge in [-0.3, -0.25) is 0 Å². The molecule has 2 nitrogen and oxygen atoms in total. The van der Waals surface area contributed by atoms with Crippen LogP contribution in [0.1, 0.15) is 17.5 Å². The molecule has 23 heavy (non-hydrogen) atoms. The van der Waals surface area contributed by atoms with Crippen molar-refractivity contribution in [2.45, 2.75) is 24.7 Å². The zero-order valence-electron chi connectivity index (χ0n) is 13.2. The summed E-state index contributed by atoms with van der Waals surface area (Å²) in [7, 11) is 1.98. The zero-order chi connectivity index (χ0) is 16.7. The summed E-state index contributed by atoms with van der Waals surface area (Å²) >= 11 is 12.4. The number of aliphatic imine (C=N–C) groups is 1. The van der Waals surface area contributed by atoms with Gasteiger partial charge in [-0.1, -0.05) is 42.0 Å². The molecule has 0 bridgehead atoms.